The van der Waals surface area contributed by atoms with E-state index in [1.807, 2.05) is 6.07 Å². The molecule has 0 spiro atoms. The number of nitrogens with zero attached hydrogens (tertiary/aromatic N) is 1. The van der Waals surface area contributed by atoms with Crippen LogP contribution >= 0.6 is 0 Å². The zero-order valence-electron chi connectivity index (χ0n) is 11.0. The Hall–Kier alpha value is -0.930. The molecule has 0 fully saturated rings. The van der Waals surface area contributed by atoms with E-state index in [9.17, 15) is 4.39 Å². The van der Waals surface area contributed by atoms with Gasteiger partial charge in [-0.15, -0.1) is 0 Å². The predicted molar refractivity (Wildman–Crippen MR) is 70.3 cm³/mol. The molecule has 1 aromatic carbocycles. The van der Waals surface area contributed by atoms with E-state index in [2.05, 4.69) is 25.8 Å². The van der Waals surface area contributed by atoms with E-state index >= 15 is 0 Å². The third kappa shape index (κ3) is 3.79. The first-order valence-corrected chi connectivity index (χ1v) is 6.30. The van der Waals surface area contributed by atoms with E-state index in [0.717, 1.165) is 12.8 Å². The van der Waals surface area contributed by atoms with Crippen LogP contribution in [0, 0.1) is 5.82 Å². The van der Waals surface area contributed by atoms with Crippen LogP contribution in [0.15, 0.2) is 24.3 Å². The Morgan fingerprint density at radius 1 is 1.24 bits per heavy atom. The highest BCUT2D eigenvalue weighted by molar-refractivity contribution is 5.21. The molecule has 17 heavy (non-hydrogen) atoms. The molecule has 1 atom stereocenters. The zero-order valence-corrected chi connectivity index (χ0v) is 11.0. The minimum Gasteiger partial charge on any atom is -0.323 e. The van der Waals surface area contributed by atoms with Crippen molar-refractivity contribution >= 4 is 0 Å². The minimum atomic E-state index is -0.262. The second-order valence-electron chi connectivity index (χ2n) is 4.54. The van der Waals surface area contributed by atoms with Crippen molar-refractivity contribution < 1.29 is 4.39 Å². The summed E-state index contributed by atoms with van der Waals surface area (Å²) >= 11 is 0. The lowest BCUT2D eigenvalue weighted by Crippen LogP contribution is -2.36. The van der Waals surface area contributed by atoms with Crippen molar-refractivity contribution in [2.24, 2.45) is 5.73 Å². The first kappa shape index (κ1) is 14.1. The summed E-state index contributed by atoms with van der Waals surface area (Å²) in [5.41, 5.74) is 6.66. The van der Waals surface area contributed by atoms with Gasteiger partial charge < -0.3 is 10.6 Å². The molecule has 0 bridgehead atoms. The van der Waals surface area contributed by atoms with Gasteiger partial charge in [0, 0.05) is 24.2 Å². The fourth-order valence-corrected chi connectivity index (χ4v) is 2.25. The second kappa shape index (κ2) is 6.72. The standard InChI is InChI=1S/C14H23FN2/c1-4-11(5-2)17(3)10-14(16)12-8-6-7-9-13(12)15/h6-9,11,14H,4-5,10,16H2,1-3H3. The van der Waals surface area contributed by atoms with Crippen molar-refractivity contribution in [3.63, 3.8) is 0 Å². The quantitative estimate of drug-likeness (QED) is 0.825. The molecule has 0 amide bonds. The molecule has 3 heteroatoms. The van der Waals surface area contributed by atoms with Crippen LogP contribution in [0.3, 0.4) is 0 Å². The molecule has 0 aromatic heterocycles. The smallest absolute Gasteiger partial charge is 0.128 e. The molecule has 0 heterocycles. The number of hydrogen-bond donors (Lipinski definition) is 1. The predicted octanol–water partition coefficient (Wildman–Crippen LogP) is 2.95. The second-order valence-corrected chi connectivity index (χ2v) is 4.54. The lowest BCUT2D eigenvalue weighted by Gasteiger charge is -2.28. The Balaban J connectivity index is 2.66. The number of nitrogens with two attached hydrogens (primary N) is 1. The van der Waals surface area contributed by atoms with Crippen LogP contribution < -0.4 is 5.73 Å². The molecule has 0 aliphatic carbocycles. The van der Waals surface area contributed by atoms with Gasteiger partial charge in [-0.05, 0) is 26.0 Å². The molecule has 1 rings (SSSR count). The van der Waals surface area contributed by atoms with E-state index in [1.165, 1.54) is 6.07 Å². The summed E-state index contributed by atoms with van der Waals surface area (Å²) in [6, 6.07) is 7.01. The average Bonchev–Trinajstić information content (AvgIpc) is 2.31. The van der Waals surface area contributed by atoms with Crippen LogP contribution in [0.4, 0.5) is 4.39 Å². The number of halogens is 1. The summed E-state index contributed by atoms with van der Waals surface area (Å²) in [7, 11) is 2.05. The Kier molecular flexibility index (Phi) is 5.59. The fraction of sp³-hybridized carbons (Fsp3) is 0.571. The molecule has 96 valence electrons. The first-order valence-electron chi connectivity index (χ1n) is 6.30. The van der Waals surface area contributed by atoms with Gasteiger partial charge in [0.25, 0.3) is 0 Å². The number of likely N-dealkylation sites (N-methyl/N-ethyl adjacent to an activating group) is 1. The molecule has 0 aliphatic rings. The molecule has 0 radical (unpaired) electrons. The normalized spacial score (nSPS) is 13.4. The number of benzene rings is 1. The van der Waals surface area contributed by atoms with E-state index in [-0.39, 0.29) is 11.9 Å². The summed E-state index contributed by atoms with van der Waals surface area (Å²) < 4.78 is 13.6. The van der Waals surface area contributed by atoms with Crippen molar-refractivity contribution in [3.8, 4) is 0 Å². The molecule has 0 saturated heterocycles. The van der Waals surface area contributed by atoms with Crippen LogP contribution in [0.5, 0.6) is 0 Å². The SMILES string of the molecule is CCC(CC)N(C)CC(N)c1ccccc1F. The third-order valence-corrected chi connectivity index (χ3v) is 3.36. The van der Waals surface area contributed by atoms with Crippen molar-refractivity contribution in [1.82, 2.24) is 4.90 Å². The van der Waals surface area contributed by atoms with E-state index in [1.54, 1.807) is 12.1 Å². The maximum Gasteiger partial charge on any atom is 0.128 e. The molecule has 1 unspecified atom stereocenters. The summed E-state index contributed by atoms with van der Waals surface area (Å²) in [5, 5.41) is 0. The van der Waals surface area contributed by atoms with Gasteiger partial charge >= 0.3 is 0 Å². The Bertz CT molecular complexity index is 337. The van der Waals surface area contributed by atoms with Gasteiger partial charge in [0.15, 0.2) is 0 Å². The van der Waals surface area contributed by atoms with Gasteiger partial charge in [-0.3, -0.25) is 0 Å². The summed E-state index contributed by atoms with van der Waals surface area (Å²) in [6.07, 6.45) is 2.19. The lowest BCUT2D eigenvalue weighted by atomic mass is 10.0. The monoisotopic (exact) mass is 238 g/mol. The number of rotatable bonds is 6. The third-order valence-electron chi connectivity index (χ3n) is 3.36. The van der Waals surface area contributed by atoms with E-state index in [0.29, 0.717) is 18.2 Å². The fourth-order valence-electron chi connectivity index (χ4n) is 2.25. The molecule has 1 aromatic rings. The number of hydrogen-bond acceptors (Lipinski definition) is 2. The van der Waals surface area contributed by atoms with Gasteiger partial charge in [-0.2, -0.15) is 0 Å². The van der Waals surface area contributed by atoms with Gasteiger partial charge in [0.05, 0.1) is 0 Å². The Morgan fingerprint density at radius 2 is 1.82 bits per heavy atom. The summed E-state index contributed by atoms with van der Waals surface area (Å²) in [6.45, 7) is 5.02. The van der Waals surface area contributed by atoms with Crippen LogP contribution in [-0.4, -0.2) is 24.5 Å². The van der Waals surface area contributed by atoms with Crippen molar-refractivity contribution in [1.29, 1.82) is 0 Å². The van der Waals surface area contributed by atoms with Crippen molar-refractivity contribution in [3.05, 3.63) is 35.6 Å². The van der Waals surface area contributed by atoms with Gasteiger partial charge in [0.1, 0.15) is 5.82 Å². The van der Waals surface area contributed by atoms with E-state index in [4.69, 9.17) is 5.73 Å². The van der Waals surface area contributed by atoms with Crippen molar-refractivity contribution in [2.45, 2.75) is 38.8 Å². The molecule has 0 saturated carbocycles. The topological polar surface area (TPSA) is 29.3 Å². The van der Waals surface area contributed by atoms with Crippen LogP contribution in [-0.2, 0) is 0 Å². The minimum absolute atomic E-state index is 0.210. The van der Waals surface area contributed by atoms with Gasteiger partial charge in [0.2, 0.25) is 0 Å². The Morgan fingerprint density at radius 3 is 2.35 bits per heavy atom. The van der Waals surface area contributed by atoms with Gasteiger partial charge in [-0.25, -0.2) is 4.39 Å². The van der Waals surface area contributed by atoms with E-state index < -0.39 is 0 Å². The summed E-state index contributed by atoms with van der Waals surface area (Å²) in [5.74, 6) is -0.210. The van der Waals surface area contributed by atoms with Crippen LogP contribution in [0.1, 0.15) is 38.3 Å². The highest BCUT2D eigenvalue weighted by Crippen LogP contribution is 2.17. The zero-order chi connectivity index (χ0) is 12.8. The maximum atomic E-state index is 13.6. The van der Waals surface area contributed by atoms with Crippen LogP contribution in [0.2, 0.25) is 0 Å². The molecule has 2 N–H and O–H groups in total. The molecule has 0 aliphatic heterocycles. The molecular weight excluding hydrogens is 215 g/mol. The maximum absolute atomic E-state index is 13.6. The van der Waals surface area contributed by atoms with Crippen molar-refractivity contribution in [2.75, 3.05) is 13.6 Å². The largest absolute Gasteiger partial charge is 0.323 e. The van der Waals surface area contributed by atoms with Crippen LogP contribution in [0.25, 0.3) is 0 Å². The average molecular weight is 238 g/mol. The lowest BCUT2D eigenvalue weighted by molar-refractivity contribution is 0.216. The summed E-state index contributed by atoms with van der Waals surface area (Å²) in [4.78, 5) is 2.22. The first-order chi connectivity index (χ1) is 8.10. The highest BCUT2D eigenvalue weighted by Gasteiger charge is 2.16. The highest BCUT2D eigenvalue weighted by atomic mass is 19.1. The Labute approximate surface area is 104 Å². The molecular formula is C14H23FN2. The van der Waals surface area contributed by atoms with Gasteiger partial charge in [-0.1, -0.05) is 32.0 Å². The molecule has 2 nitrogen and oxygen atoms in total.